The molecular formula is C12H10Cl2N2O2. The summed E-state index contributed by atoms with van der Waals surface area (Å²) < 4.78 is 5.05. The minimum absolute atomic E-state index is 0.0873. The van der Waals surface area contributed by atoms with Gasteiger partial charge in [-0.05, 0) is 25.1 Å². The molecule has 1 aromatic heterocycles. The van der Waals surface area contributed by atoms with Crippen LogP contribution in [0.3, 0.4) is 0 Å². The molecule has 2 aromatic rings. The predicted octanol–water partition coefficient (Wildman–Crippen LogP) is 3.57. The molecule has 1 aromatic carbocycles. The Bertz CT molecular complexity index is 581. The zero-order valence-electron chi connectivity index (χ0n) is 9.61. The van der Waals surface area contributed by atoms with Crippen LogP contribution in [0.4, 0.5) is 0 Å². The van der Waals surface area contributed by atoms with Crippen LogP contribution in [0.5, 0.6) is 0 Å². The summed E-state index contributed by atoms with van der Waals surface area (Å²) in [5.41, 5.74) is 0.724. The van der Waals surface area contributed by atoms with Crippen molar-refractivity contribution in [3.8, 4) is 11.4 Å². The number of aryl methyl sites for hydroxylation is 1. The van der Waals surface area contributed by atoms with Crippen molar-refractivity contribution < 1.29 is 9.32 Å². The molecule has 0 fully saturated rings. The Labute approximate surface area is 114 Å². The second kappa shape index (κ2) is 5.50. The van der Waals surface area contributed by atoms with Gasteiger partial charge in [0.05, 0.1) is 10.0 Å². The Kier molecular flexibility index (Phi) is 3.99. The number of hydrogen-bond donors (Lipinski definition) is 0. The maximum absolute atomic E-state index is 10.9. The summed E-state index contributed by atoms with van der Waals surface area (Å²) >= 11 is 11.7. The molecule has 2 rings (SSSR count). The predicted molar refractivity (Wildman–Crippen MR) is 68.8 cm³/mol. The largest absolute Gasteiger partial charge is 0.339 e. The summed E-state index contributed by atoms with van der Waals surface area (Å²) in [6, 6.07) is 5.10. The highest BCUT2D eigenvalue weighted by molar-refractivity contribution is 6.42. The molecule has 0 saturated carbocycles. The van der Waals surface area contributed by atoms with Crippen LogP contribution in [-0.4, -0.2) is 15.9 Å². The highest BCUT2D eigenvalue weighted by Crippen LogP contribution is 2.27. The van der Waals surface area contributed by atoms with Gasteiger partial charge in [0.2, 0.25) is 11.7 Å². The monoisotopic (exact) mass is 284 g/mol. The van der Waals surface area contributed by atoms with Gasteiger partial charge in [-0.1, -0.05) is 28.4 Å². The number of ketones is 1. The van der Waals surface area contributed by atoms with E-state index in [0.717, 1.165) is 5.56 Å². The first-order valence-corrected chi connectivity index (χ1v) is 6.09. The van der Waals surface area contributed by atoms with Crippen molar-refractivity contribution in [3.63, 3.8) is 0 Å². The van der Waals surface area contributed by atoms with Gasteiger partial charge < -0.3 is 9.32 Å². The van der Waals surface area contributed by atoms with E-state index in [2.05, 4.69) is 10.1 Å². The number of carbonyl (C=O) groups excluding carboxylic acids is 1. The first kappa shape index (κ1) is 13.1. The minimum atomic E-state index is 0.0873. The number of carbonyl (C=O) groups is 1. The third-order valence-electron chi connectivity index (χ3n) is 2.34. The number of benzene rings is 1. The van der Waals surface area contributed by atoms with E-state index < -0.39 is 0 Å². The van der Waals surface area contributed by atoms with Crippen molar-refractivity contribution >= 4 is 29.0 Å². The maximum atomic E-state index is 10.9. The lowest BCUT2D eigenvalue weighted by Gasteiger charge is -1.97. The van der Waals surface area contributed by atoms with E-state index in [4.69, 9.17) is 27.7 Å². The number of aromatic nitrogens is 2. The molecule has 0 radical (unpaired) electrons. The van der Waals surface area contributed by atoms with Crippen LogP contribution in [0, 0.1) is 0 Å². The molecule has 0 atom stereocenters. The average Bonchev–Trinajstić information content (AvgIpc) is 2.79. The van der Waals surface area contributed by atoms with Gasteiger partial charge in [-0.25, -0.2) is 0 Å². The van der Waals surface area contributed by atoms with Crippen molar-refractivity contribution in [1.29, 1.82) is 0 Å². The van der Waals surface area contributed by atoms with E-state index in [0.29, 0.717) is 34.6 Å². The number of nitrogens with zero attached hydrogens (tertiary/aromatic N) is 2. The van der Waals surface area contributed by atoms with Crippen molar-refractivity contribution in [3.05, 3.63) is 34.1 Å². The highest BCUT2D eigenvalue weighted by Gasteiger charge is 2.10. The molecule has 0 amide bonds. The fourth-order valence-corrected chi connectivity index (χ4v) is 1.69. The molecule has 18 heavy (non-hydrogen) atoms. The molecule has 0 aliphatic carbocycles. The smallest absolute Gasteiger partial charge is 0.227 e. The molecule has 0 aliphatic heterocycles. The highest BCUT2D eigenvalue weighted by atomic mass is 35.5. The molecule has 6 heteroatoms. The fraction of sp³-hybridized carbons (Fsp3) is 0.250. The van der Waals surface area contributed by atoms with Crippen molar-refractivity contribution in [2.24, 2.45) is 0 Å². The summed E-state index contributed by atoms with van der Waals surface area (Å²) in [6.07, 6.45) is 0.840. The standard InChI is InChI=1S/C12H10Cl2N2O2/c1-7(17)2-5-11-15-12(16-18-11)8-3-4-9(13)10(14)6-8/h3-4,6H,2,5H2,1H3. The maximum Gasteiger partial charge on any atom is 0.227 e. The zero-order valence-corrected chi connectivity index (χ0v) is 11.1. The molecule has 0 saturated heterocycles. The van der Waals surface area contributed by atoms with Crippen LogP contribution in [0.1, 0.15) is 19.2 Å². The Morgan fingerprint density at radius 2 is 2.11 bits per heavy atom. The van der Waals surface area contributed by atoms with E-state index in [1.54, 1.807) is 18.2 Å². The number of Topliss-reactive ketones (excluding diaryl/α,β-unsaturated/α-hetero) is 1. The lowest BCUT2D eigenvalue weighted by atomic mass is 10.2. The third-order valence-corrected chi connectivity index (χ3v) is 3.08. The van der Waals surface area contributed by atoms with Gasteiger partial charge in [0, 0.05) is 18.4 Å². The topological polar surface area (TPSA) is 56.0 Å². The van der Waals surface area contributed by atoms with E-state index in [9.17, 15) is 4.79 Å². The Morgan fingerprint density at radius 3 is 2.78 bits per heavy atom. The minimum Gasteiger partial charge on any atom is -0.339 e. The second-order valence-corrected chi connectivity index (χ2v) is 4.66. The van der Waals surface area contributed by atoms with E-state index in [1.807, 2.05) is 0 Å². The first-order chi connectivity index (χ1) is 8.56. The van der Waals surface area contributed by atoms with Gasteiger partial charge in [0.1, 0.15) is 5.78 Å². The summed E-state index contributed by atoms with van der Waals surface area (Å²) in [7, 11) is 0. The number of hydrogen-bond acceptors (Lipinski definition) is 4. The normalized spacial score (nSPS) is 10.6. The van der Waals surface area contributed by atoms with Gasteiger partial charge in [0.15, 0.2) is 0 Å². The Hall–Kier alpha value is -1.39. The molecular weight excluding hydrogens is 275 g/mol. The quantitative estimate of drug-likeness (QED) is 0.861. The van der Waals surface area contributed by atoms with Gasteiger partial charge >= 0.3 is 0 Å². The van der Waals surface area contributed by atoms with Crippen LogP contribution in [0.15, 0.2) is 22.7 Å². The molecule has 0 spiro atoms. The number of rotatable bonds is 4. The summed E-state index contributed by atoms with van der Waals surface area (Å²) in [4.78, 5) is 15.0. The second-order valence-electron chi connectivity index (χ2n) is 3.84. The summed E-state index contributed by atoms with van der Waals surface area (Å²) in [5.74, 6) is 0.961. The molecule has 0 bridgehead atoms. The van der Waals surface area contributed by atoms with Crippen molar-refractivity contribution in [1.82, 2.24) is 10.1 Å². The van der Waals surface area contributed by atoms with Crippen LogP contribution in [0.25, 0.3) is 11.4 Å². The van der Waals surface area contributed by atoms with E-state index >= 15 is 0 Å². The Morgan fingerprint density at radius 1 is 1.33 bits per heavy atom. The summed E-state index contributed by atoms with van der Waals surface area (Å²) in [5, 5.41) is 4.74. The van der Waals surface area contributed by atoms with Gasteiger partial charge in [-0.3, -0.25) is 0 Å². The van der Waals surface area contributed by atoms with Crippen LogP contribution in [0.2, 0.25) is 10.0 Å². The van der Waals surface area contributed by atoms with E-state index in [-0.39, 0.29) is 5.78 Å². The van der Waals surface area contributed by atoms with E-state index in [1.165, 1.54) is 6.92 Å². The third kappa shape index (κ3) is 3.09. The molecule has 4 nitrogen and oxygen atoms in total. The summed E-state index contributed by atoms with van der Waals surface area (Å²) in [6.45, 7) is 1.52. The van der Waals surface area contributed by atoms with Crippen LogP contribution in [-0.2, 0) is 11.2 Å². The molecule has 94 valence electrons. The molecule has 0 N–H and O–H groups in total. The molecule has 0 unspecified atom stereocenters. The van der Waals surface area contributed by atoms with Crippen LogP contribution >= 0.6 is 23.2 Å². The van der Waals surface area contributed by atoms with Gasteiger partial charge in [0.25, 0.3) is 0 Å². The van der Waals surface area contributed by atoms with Crippen molar-refractivity contribution in [2.45, 2.75) is 19.8 Å². The lowest BCUT2D eigenvalue weighted by molar-refractivity contribution is -0.117. The molecule has 0 aliphatic rings. The zero-order chi connectivity index (χ0) is 13.1. The fourth-order valence-electron chi connectivity index (χ4n) is 1.39. The van der Waals surface area contributed by atoms with Crippen LogP contribution < -0.4 is 0 Å². The lowest BCUT2D eigenvalue weighted by Crippen LogP contribution is -1.94. The average molecular weight is 285 g/mol. The van der Waals surface area contributed by atoms with Crippen molar-refractivity contribution in [2.75, 3.05) is 0 Å². The molecule has 1 heterocycles. The number of halogens is 2. The van der Waals surface area contributed by atoms with Gasteiger partial charge in [-0.2, -0.15) is 4.98 Å². The van der Waals surface area contributed by atoms with Gasteiger partial charge in [-0.15, -0.1) is 0 Å². The SMILES string of the molecule is CC(=O)CCc1nc(-c2ccc(Cl)c(Cl)c2)no1. The Balaban J connectivity index is 2.18. The first-order valence-electron chi connectivity index (χ1n) is 5.33.